The van der Waals surface area contributed by atoms with Crippen molar-refractivity contribution in [3.63, 3.8) is 0 Å². The molecule has 0 spiro atoms. The van der Waals surface area contributed by atoms with Gasteiger partial charge in [-0.05, 0) is 51.0 Å². The van der Waals surface area contributed by atoms with E-state index >= 15 is 0 Å². The van der Waals surface area contributed by atoms with Crippen LogP contribution in [0.4, 0.5) is 0 Å². The number of hydrogen-bond acceptors (Lipinski definition) is 7. The van der Waals surface area contributed by atoms with Crippen LogP contribution in [-0.2, 0) is 11.3 Å². The third-order valence-corrected chi connectivity index (χ3v) is 5.20. The van der Waals surface area contributed by atoms with Crippen LogP contribution in [-0.4, -0.2) is 42.1 Å². The number of carboxylic acids is 1. The first kappa shape index (κ1) is 21.8. The Kier molecular flexibility index (Phi) is 6.09. The number of benzene rings is 1. The van der Waals surface area contributed by atoms with Crippen LogP contribution in [0.5, 0.6) is 5.88 Å². The molecule has 9 nitrogen and oxygen atoms in total. The number of aryl methyl sites for hydroxylation is 2. The third-order valence-electron chi connectivity index (χ3n) is 4.93. The maximum absolute atomic E-state index is 10.8. The molecule has 4 rings (SSSR count). The normalized spacial score (nSPS) is 11.4. The van der Waals surface area contributed by atoms with E-state index in [-0.39, 0.29) is 12.5 Å². The fourth-order valence-electron chi connectivity index (χ4n) is 3.39. The van der Waals surface area contributed by atoms with Gasteiger partial charge >= 0.3 is 5.97 Å². The van der Waals surface area contributed by atoms with Crippen LogP contribution >= 0.6 is 11.6 Å². The van der Waals surface area contributed by atoms with Crippen LogP contribution in [0.3, 0.4) is 0 Å². The summed E-state index contributed by atoms with van der Waals surface area (Å²) >= 11 is 6.27. The fraction of sp³-hybridized carbons (Fsp3) is 0.318. The number of aromatic nitrogens is 5. The molecular weight excluding hydrogens is 434 g/mol. The summed E-state index contributed by atoms with van der Waals surface area (Å²) in [6, 6.07) is 5.52. The average Bonchev–Trinajstić information content (AvgIpc) is 3.37. The molecule has 32 heavy (non-hydrogen) atoms. The lowest BCUT2D eigenvalue weighted by atomic mass is 10.0. The first-order valence-electron chi connectivity index (χ1n) is 10.2. The lowest BCUT2D eigenvalue weighted by Gasteiger charge is -2.09. The molecule has 0 amide bonds. The van der Waals surface area contributed by atoms with Gasteiger partial charge in [-0.3, -0.25) is 9.48 Å². The molecule has 0 fully saturated rings. The topological polar surface area (TPSA) is 116 Å². The van der Waals surface area contributed by atoms with E-state index in [1.807, 2.05) is 37.6 Å². The van der Waals surface area contributed by atoms with Gasteiger partial charge in [-0.25, -0.2) is 4.98 Å². The van der Waals surface area contributed by atoms with Gasteiger partial charge in [-0.15, -0.1) is 0 Å². The molecule has 4 aromatic rings. The number of hydrogen-bond donors (Lipinski definition) is 1. The number of carbonyl (C=O) groups is 1. The third kappa shape index (κ3) is 4.43. The van der Waals surface area contributed by atoms with E-state index in [0.717, 1.165) is 22.0 Å². The first-order valence-corrected chi connectivity index (χ1v) is 10.5. The number of halogens is 1. The quantitative estimate of drug-likeness (QED) is 0.404. The van der Waals surface area contributed by atoms with E-state index in [1.165, 1.54) is 0 Å². The molecule has 0 unspecified atom stereocenters. The summed E-state index contributed by atoms with van der Waals surface area (Å²) in [6.07, 6.45) is 3.93. The van der Waals surface area contributed by atoms with Crippen LogP contribution < -0.4 is 4.74 Å². The van der Waals surface area contributed by atoms with Crippen molar-refractivity contribution in [3.8, 4) is 28.7 Å². The molecule has 0 radical (unpaired) electrons. The summed E-state index contributed by atoms with van der Waals surface area (Å²) in [5, 5.41) is 18.7. The van der Waals surface area contributed by atoms with Crippen LogP contribution in [0.1, 0.15) is 32.3 Å². The zero-order valence-electron chi connectivity index (χ0n) is 17.9. The summed E-state index contributed by atoms with van der Waals surface area (Å²) in [7, 11) is 0. The van der Waals surface area contributed by atoms with Crippen LogP contribution in [0.2, 0.25) is 5.02 Å². The highest BCUT2D eigenvalue weighted by molar-refractivity contribution is 6.32. The summed E-state index contributed by atoms with van der Waals surface area (Å²) in [4.78, 5) is 19.5. The Bertz CT molecular complexity index is 1280. The molecule has 0 saturated heterocycles. The predicted octanol–water partition coefficient (Wildman–Crippen LogP) is 4.76. The largest absolute Gasteiger partial charge is 0.481 e. The van der Waals surface area contributed by atoms with Crippen molar-refractivity contribution in [2.75, 3.05) is 0 Å². The predicted molar refractivity (Wildman–Crippen MR) is 119 cm³/mol. The molecule has 0 aliphatic rings. The Morgan fingerprint density at radius 1 is 1.31 bits per heavy atom. The van der Waals surface area contributed by atoms with E-state index in [2.05, 4.69) is 20.2 Å². The number of rotatable bonds is 8. The van der Waals surface area contributed by atoms with Gasteiger partial charge in [0.15, 0.2) is 0 Å². The number of nitrogens with zero attached hydrogens (tertiary/aromatic N) is 5. The minimum Gasteiger partial charge on any atom is -0.481 e. The lowest BCUT2D eigenvalue weighted by Crippen LogP contribution is -2.07. The van der Waals surface area contributed by atoms with Gasteiger partial charge in [-0.1, -0.05) is 16.8 Å². The summed E-state index contributed by atoms with van der Waals surface area (Å²) in [6.45, 7) is 6.29. The Morgan fingerprint density at radius 3 is 2.84 bits per heavy atom. The van der Waals surface area contributed by atoms with E-state index < -0.39 is 5.97 Å². The molecule has 3 heterocycles. The highest BCUT2D eigenvalue weighted by Gasteiger charge is 2.17. The summed E-state index contributed by atoms with van der Waals surface area (Å²) in [5.74, 6) is 0.282. The average molecular weight is 456 g/mol. The molecular formula is C22H22ClN5O4. The zero-order valence-corrected chi connectivity index (χ0v) is 18.6. The van der Waals surface area contributed by atoms with E-state index in [1.54, 1.807) is 18.5 Å². The molecule has 1 aromatic carbocycles. The molecule has 3 aromatic heterocycles. The summed E-state index contributed by atoms with van der Waals surface area (Å²) in [5.41, 5.74) is 3.29. The van der Waals surface area contributed by atoms with E-state index in [9.17, 15) is 4.79 Å². The Balaban J connectivity index is 1.60. The lowest BCUT2D eigenvalue weighted by molar-refractivity contribution is -0.137. The minimum atomic E-state index is -0.814. The molecule has 0 saturated carbocycles. The fourth-order valence-corrected chi connectivity index (χ4v) is 3.61. The Labute approximate surface area is 189 Å². The maximum Gasteiger partial charge on any atom is 0.303 e. The number of pyridine rings is 1. The van der Waals surface area contributed by atoms with Crippen LogP contribution in [0.15, 0.2) is 35.1 Å². The van der Waals surface area contributed by atoms with Crippen molar-refractivity contribution < 1.29 is 19.2 Å². The van der Waals surface area contributed by atoms with Gasteiger partial charge in [0.2, 0.25) is 11.7 Å². The minimum absolute atomic E-state index is 0.0414. The van der Waals surface area contributed by atoms with Crippen molar-refractivity contribution in [2.24, 2.45) is 0 Å². The van der Waals surface area contributed by atoms with Gasteiger partial charge in [0.25, 0.3) is 5.89 Å². The molecule has 0 aliphatic carbocycles. The van der Waals surface area contributed by atoms with Crippen LogP contribution in [0, 0.1) is 6.92 Å². The van der Waals surface area contributed by atoms with Crippen molar-refractivity contribution in [2.45, 2.75) is 46.3 Å². The van der Waals surface area contributed by atoms with Crippen molar-refractivity contribution in [1.82, 2.24) is 24.9 Å². The van der Waals surface area contributed by atoms with Gasteiger partial charge in [0, 0.05) is 30.1 Å². The zero-order chi connectivity index (χ0) is 22.8. The number of ether oxygens (including phenoxy) is 1. The molecule has 0 atom stereocenters. The second kappa shape index (κ2) is 8.96. The number of carboxylic acid groups (broad SMARTS) is 1. The highest BCUT2D eigenvalue weighted by atomic mass is 35.5. The SMILES string of the molecule is Cc1c(-c2noc(-c3cnc(OC(C)C)c(Cl)c3)n2)ccc2c1cnn2CCCC(=O)O. The van der Waals surface area contributed by atoms with E-state index in [0.29, 0.717) is 41.1 Å². The second-order valence-electron chi connectivity index (χ2n) is 7.64. The smallest absolute Gasteiger partial charge is 0.303 e. The Hall–Kier alpha value is -3.46. The first-order chi connectivity index (χ1) is 15.3. The second-order valence-corrected chi connectivity index (χ2v) is 8.04. The van der Waals surface area contributed by atoms with E-state index in [4.69, 9.17) is 26.0 Å². The number of fused-ring (bicyclic) bond motifs is 1. The summed E-state index contributed by atoms with van der Waals surface area (Å²) < 4.78 is 12.8. The number of aliphatic carboxylic acids is 1. The van der Waals surface area contributed by atoms with Gasteiger partial charge in [0.1, 0.15) is 5.02 Å². The Morgan fingerprint density at radius 2 is 2.12 bits per heavy atom. The van der Waals surface area contributed by atoms with Crippen molar-refractivity contribution in [3.05, 3.63) is 41.2 Å². The standard InChI is InChI=1S/C22H22ClN5O4/c1-12(2)31-22-17(23)9-14(10-24-22)21-26-20(27-32-21)15-6-7-18-16(13(15)3)11-25-28(18)8-4-5-19(29)30/h6-7,9-12H,4-5,8H2,1-3H3,(H,29,30). The van der Waals surface area contributed by atoms with Gasteiger partial charge in [0.05, 0.1) is 23.4 Å². The van der Waals surface area contributed by atoms with Crippen molar-refractivity contribution in [1.29, 1.82) is 0 Å². The molecule has 10 heteroatoms. The van der Waals surface area contributed by atoms with Gasteiger partial charge in [-0.2, -0.15) is 10.1 Å². The maximum atomic E-state index is 10.8. The molecule has 166 valence electrons. The molecule has 0 bridgehead atoms. The highest BCUT2D eigenvalue weighted by Crippen LogP contribution is 2.31. The van der Waals surface area contributed by atoms with Crippen molar-refractivity contribution >= 4 is 28.5 Å². The molecule has 0 aliphatic heterocycles. The van der Waals surface area contributed by atoms with Crippen LogP contribution in [0.25, 0.3) is 33.7 Å². The monoisotopic (exact) mass is 455 g/mol. The molecule has 1 N–H and O–H groups in total. The van der Waals surface area contributed by atoms with Gasteiger partial charge < -0.3 is 14.4 Å².